The SMILES string of the molecule is CN(C)C(=O)COc1ccc(NC(=O)c2cnc(-c3ccccc3F)s2)cc1. The maximum Gasteiger partial charge on any atom is 0.267 e. The van der Waals surface area contributed by atoms with Crippen LogP contribution < -0.4 is 10.1 Å². The highest BCUT2D eigenvalue weighted by Crippen LogP contribution is 2.28. The number of nitrogens with zero attached hydrogens (tertiary/aromatic N) is 2. The van der Waals surface area contributed by atoms with E-state index in [0.29, 0.717) is 26.9 Å². The molecule has 2 aromatic carbocycles. The molecule has 0 bridgehead atoms. The summed E-state index contributed by atoms with van der Waals surface area (Å²) in [6, 6.07) is 13.0. The molecule has 0 saturated carbocycles. The van der Waals surface area contributed by atoms with E-state index in [1.165, 1.54) is 17.2 Å². The standard InChI is InChI=1S/C20H18FN3O3S/c1-24(2)18(25)12-27-14-9-7-13(8-10-14)23-19(26)17-11-22-20(28-17)15-5-3-4-6-16(15)21/h3-11H,12H2,1-2H3,(H,23,26). The molecule has 28 heavy (non-hydrogen) atoms. The molecule has 0 spiro atoms. The fourth-order valence-corrected chi connectivity index (χ4v) is 3.08. The predicted molar refractivity (Wildman–Crippen MR) is 106 cm³/mol. The first kappa shape index (κ1) is 19.5. The molecular formula is C20H18FN3O3S. The van der Waals surface area contributed by atoms with Crippen LogP contribution >= 0.6 is 11.3 Å². The molecule has 1 N–H and O–H groups in total. The molecule has 0 aliphatic heterocycles. The van der Waals surface area contributed by atoms with E-state index in [1.807, 2.05) is 0 Å². The number of amides is 2. The summed E-state index contributed by atoms with van der Waals surface area (Å²) in [7, 11) is 3.31. The molecule has 1 heterocycles. The first-order valence-corrected chi connectivity index (χ1v) is 9.21. The van der Waals surface area contributed by atoms with Crippen molar-refractivity contribution in [1.82, 2.24) is 9.88 Å². The van der Waals surface area contributed by atoms with Gasteiger partial charge in [-0.25, -0.2) is 9.37 Å². The fourth-order valence-electron chi connectivity index (χ4n) is 2.24. The minimum Gasteiger partial charge on any atom is -0.484 e. The van der Waals surface area contributed by atoms with Crippen molar-refractivity contribution in [1.29, 1.82) is 0 Å². The van der Waals surface area contributed by atoms with Crippen LogP contribution in [0.5, 0.6) is 5.75 Å². The van der Waals surface area contributed by atoms with Crippen LogP contribution in [0.15, 0.2) is 54.7 Å². The zero-order valence-electron chi connectivity index (χ0n) is 15.3. The molecule has 8 heteroatoms. The summed E-state index contributed by atoms with van der Waals surface area (Å²) in [6.07, 6.45) is 1.42. The van der Waals surface area contributed by atoms with Crippen molar-refractivity contribution in [3.8, 4) is 16.3 Å². The molecule has 0 atom stereocenters. The van der Waals surface area contributed by atoms with E-state index >= 15 is 0 Å². The highest BCUT2D eigenvalue weighted by Gasteiger charge is 2.14. The summed E-state index contributed by atoms with van der Waals surface area (Å²) < 4.78 is 19.2. The van der Waals surface area contributed by atoms with Gasteiger partial charge < -0.3 is 15.0 Å². The first-order chi connectivity index (χ1) is 13.4. The Labute approximate surface area is 165 Å². The molecule has 0 radical (unpaired) electrons. The Hall–Kier alpha value is -3.26. The summed E-state index contributed by atoms with van der Waals surface area (Å²) in [4.78, 5) is 29.9. The number of halogens is 1. The second-order valence-electron chi connectivity index (χ2n) is 6.06. The molecule has 144 valence electrons. The maximum absolute atomic E-state index is 13.9. The van der Waals surface area contributed by atoms with Gasteiger partial charge in [0.25, 0.3) is 11.8 Å². The smallest absolute Gasteiger partial charge is 0.267 e. The van der Waals surface area contributed by atoms with Gasteiger partial charge in [-0.3, -0.25) is 9.59 Å². The van der Waals surface area contributed by atoms with Crippen LogP contribution in [0.2, 0.25) is 0 Å². The Balaban J connectivity index is 1.62. The number of rotatable bonds is 6. The van der Waals surface area contributed by atoms with Gasteiger partial charge in [0.2, 0.25) is 0 Å². The van der Waals surface area contributed by atoms with Crippen LogP contribution in [-0.2, 0) is 4.79 Å². The number of nitrogens with one attached hydrogen (secondary N) is 1. The molecule has 2 amide bonds. The molecule has 0 unspecified atom stereocenters. The van der Waals surface area contributed by atoms with Crippen LogP contribution in [0.25, 0.3) is 10.6 Å². The molecule has 0 fully saturated rings. The van der Waals surface area contributed by atoms with E-state index in [9.17, 15) is 14.0 Å². The van der Waals surface area contributed by atoms with Crippen molar-refractivity contribution in [2.75, 3.05) is 26.0 Å². The van der Waals surface area contributed by atoms with E-state index in [4.69, 9.17) is 4.74 Å². The molecular weight excluding hydrogens is 381 g/mol. The lowest BCUT2D eigenvalue weighted by molar-refractivity contribution is -0.130. The van der Waals surface area contributed by atoms with Gasteiger partial charge >= 0.3 is 0 Å². The molecule has 0 aliphatic rings. The zero-order chi connectivity index (χ0) is 20.1. The van der Waals surface area contributed by atoms with E-state index in [-0.39, 0.29) is 24.2 Å². The summed E-state index contributed by atoms with van der Waals surface area (Å²) in [6.45, 7) is -0.0571. The number of anilines is 1. The number of hydrogen-bond donors (Lipinski definition) is 1. The van der Waals surface area contributed by atoms with Gasteiger partial charge in [0.15, 0.2) is 6.61 Å². The minimum atomic E-state index is -0.382. The predicted octanol–water partition coefficient (Wildman–Crippen LogP) is 3.67. The molecule has 3 rings (SSSR count). The average Bonchev–Trinajstić information content (AvgIpc) is 3.17. The molecule has 0 saturated heterocycles. The van der Waals surface area contributed by atoms with Crippen LogP contribution in [0.4, 0.5) is 10.1 Å². The number of aromatic nitrogens is 1. The van der Waals surface area contributed by atoms with E-state index in [2.05, 4.69) is 10.3 Å². The Bertz CT molecular complexity index is 986. The van der Waals surface area contributed by atoms with Crippen molar-refractivity contribution < 1.29 is 18.7 Å². The molecule has 0 aliphatic carbocycles. The number of likely N-dealkylation sites (N-methyl/N-ethyl adjacent to an activating group) is 1. The monoisotopic (exact) mass is 399 g/mol. The van der Waals surface area contributed by atoms with Gasteiger partial charge in [-0.2, -0.15) is 0 Å². The molecule has 3 aromatic rings. The number of hydrogen-bond acceptors (Lipinski definition) is 5. The molecule has 1 aromatic heterocycles. The molecule has 6 nitrogen and oxygen atoms in total. The van der Waals surface area contributed by atoms with Crippen molar-refractivity contribution in [3.63, 3.8) is 0 Å². The van der Waals surface area contributed by atoms with Crippen molar-refractivity contribution >= 4 is 28.8 Å². The third-order valence-corrected chi connectivity index (χ3v) is 4.84. The van der Waals surface area contributed by atoms with Gasteiger partial charge in [0.05, 0.1) is 6.20 Å². The second-order valence-corrected chi connectivity index (χ2v) is 7.10. The highest BCUT2D eigenvalue weighted by molar-refractivity contribution is 7.17. The minimum absolute atomic E-state index is 0.0571. The van der Waals surface area contributed by atoms with Crippen molar-refractivity contribution in [3.05, 3.63) is 65.4 Å². The normalized spacial score (nSPS) is 10.4. The van der Waals surface area contributed by atoms with Crippen LogP contribution in [0.1, 0.15) is 9.67 Å². The summed E-state index contributed by atoms with van der Waals surface area (Å²) >= 11 is 1.11. The third kappa shape index (κ3) is 4.72. The van der Waals surface area contributed by atoms with Crippen LogP contribution in [0, 0.1) is 5.82 Å². The Morgan fingerprint density at radius 3 is 2.54 bits per heavy atom. The quantitative estimate of drug-likeness (QED) is 0.687. The Kier molecular flexibility index (Phi) is 6.00. The van der Waals surface area contributed by atoms with Gasteiger partial charge in [-0.05, 0) is 36.4 Å². The number of thiazole rings is 1. The zero-order valence-corrected chi connectivity index (χ0v) is 16.1. The number of carbonyl (C=O) groups is 2. The topological polar surface area (TPSA) is 71.5 Å². The average molecular weight is 399 g/mol. The van der Waals surface area contributed by atoms with Gasteiger partial charge in [0, 0.05) is 25.3 Å². The summed E-state index contributed by atoms with van der Waals surface area (Å²) in [5.41, 5.74) is 0.928. The number of benzene rings is 2. The van der Waals surface area contributed by atoms with Gasteiger partial charge in [0.1, 0.15) is 21.5 Å². The fraction of sp³-hybridized carbons (Fsp3) is 0.150. The van der Waals surface area contributed by atoms with Crippen molar-refractivity contribution in [2.45, 2.75) is 0 Å². The third-order valence-electron chi connectivity index (χ3n) is 3.81. The van der Waals surface area contributed by atoms with E-state index in [0.717, 1.165) is 11.3 Å². The maximum atomic E-state index is 13.9. The number of ether oxygens (including phenoxy) is 1. The van der Waals surface area contributed by atoms with Gasteiger partial charge in [-0.1, -0.05) is 12.1 Å². The Morgan fingerprint density at radius 1 is 1.14 bits per heavy atom. The second kappa shape index (κ2) is 8.62. The summed E-state index contributed by atoms with van der Waals surface area (Å²) in [5, 5.41) is 3.20. The van der Waals surface area contributed by atoms with Crippen LogP contribution in [0.3, 0.4) is 0 Å². The highest BCUT2D eigenvalue weighted by atomic mass is 32.1. The van der Waals surface area contributed by atoms with E-state index in [1.54, 1.807) is 56.6 Å². The van der Waals surface area contributed by atoms with Crippen molar-refractivity contribution in [2.24, 2.45) is 0 Å². The van der Waals surface area contributed by atoms with Crippen LogP contribution in [-0.4, -0.2) is 42.4 Å². The number of carbonyl (C=O) groups excluding carboxylic acids is 2. The lowest BCUT2D eigenvalue weighted by Crippen LogP contribution is -2.27. The Morgan fingerprint density at radius 2 is 1.86 bits per heavy atom. The largest absolute Gasteiger partial charge is 0.484 e. The lowest BCUT2D eigenvalue weighted by atomic mass is 10.2. The van der Waals surface area contributed by atoms with E-state index < -0.39 is 0 Å². The van der Waals surface area contributed by atoms with Gasteiger partial charge in [-0.15, -0.1) is 11.3 Å². The first-order valence-electron chi connectivity index (χ1n) is 8.39. The lowest BCUT2D eigenvalue weighted by Gasteiger charge is -2.11. The summed E-state index contributed by atoms with van der Waals surface area (Å²) in [5.74, 6) is -0.343.